The van der Waals surface area contributed by atoms with Crippen molar-refractivity contribution in [2.24, 2.45) is 0 Å². The summed E-state index contributed by atoms with van der Waals surface area (Å²) in [7, 11) is 0. The van der Waals surface area contributed by atoms with Crippen molar-refractivity contribution in [3.05, 3.63) is 11.6 Å². The standard InChI is InChI=1S/C12H20N2O3/c1-12(2,10(15)16)14-11(17)13-8-7-9-5-3-4-6-9/h5H,3-4,6-8H2,1-2H3,(H,15,16)(H2,13,14,17). The maximum atomic E-state index is 11.4. The van der Waals surface area contributed by atoms with Crippen LogP contribution in [0.3, 0.4) is 0 Å². The second kappa shape index (κ2) is 5.70. The molecule has 0 saturated heterocycles. The van der Waals surface area contributed by atoms with E-state index in [-0.39, 0.29) is 0 Å². The summed E-state index contributed by atoms with van der Waals surface area (Å²) in [6.07, 6.45) is 6.51. The maximum Gasteiger partial charge on any atom is 0.328 e. The fourth-order valence-corrected chi connectivity index (χ4v) is 1.68. The first-order valence-electron chi connectivity index (χ1n) is 5.89. The molecule has 2 amide bonds. The topological polar surface area (TPSA) is 78.4 Å². The Morgan fingerprint density at radius 1 is 1.47 bits per heavy atom. The van der Waals surface area contributed by atoms with Crippen LogP contribution in [0.15, 0.2) is 11.6 Å². The SMILES string of the molecule is CC(C)(NC(=O)NCCC1=CCCC1)C(=O)O. The number of allylic oxidation sites excluding steroid dienone is 1. The molecule has 1 aliphatic carbocycles. The van der Waals surface area contributed by atoms with Crippen LogP contribution in [0.5, 0.6) is 0 Å². The molecule has 5 nitrogen and oxygen atoms in total. The Hall–Kier alpha value is -1.52. The van der Waals surface area contributed by atoms with Gasteiger partial charge in [-0.1, -0.05) is 11.6 Å². The molecular weight excluding hydrogens is 220 g/mol. The largest absolute Gasteiger partial charge is 0.480 e. The molecule has 0 radical (unpaired) electrons. The Kier molecular flexibility index (Phi) is 4.54. The van der Waals surface area contributed by atoms with Crippen LogP contribution in [0.1, 0.15) is 39.5 Å². The van der Waals surface area contributed by atoms with Crippen LogP contribution in [-0.2, 0) is 4.79 Å². The van der Waals surface area contributed by atoms with E-state index >= 15 is 0 Å². The molecule has 0 spiro atoms. The van der Waals surface area contributed by atoms with Gasteiger partial charge in [-0.25, -0.2) is 9.59 Å². The van der Waals surface area contributed by atoms with Gasteiger partial charge >= 0.3 is 12.0 Å². The summed E-state index contributed by atoms with van der Waals surface area (Å²) in [6, 6.07) is -0.434. The summed E-state index contributed by atoms with van der Waals surface area (Å²) in [6.45, 7) is 3.45. The Balaban J connectivity index is 2.23. The Labute approximate surface area is 101 Å². The highest BCUT2D eigenvalue weighted by Gasteiger charge is 2.28. The lowest BCUT2D eigenvalue weighted by atomic mass is 10.1. The summed E-state index contributed by atoms with van der Waals surface area (Å²) in [4.78, 5) is 22.2. The number of carboxylic acid groups (broad SMARTS) is 1. The molecule has 96 valence electrons. The third-order valence-electron chi connectivity index (χ3n) is 2.83. The monoisotopic (exact) mass is 240 g/mol. The van der Waals surface area contributed by atoms with Gasteiger partial charge in [0.15, 0.2) is 0 Å². The molecule has 0 aromatic heterocycles. The van der Waals surface area contributed by atoms with Gasteiger partial charge in [0.1, 0.15) is 5.54 Å². The van der Waals surface area contributed by atoms with Gasteiger partial charge in [-0.15, -0.1) is 0 Å². The van der Waals surface area contributed by atoms with Gasteiger partial charge in [0.2, 0.25) is 0 Å². The molecule has 0 heterocycles. The number of urea groups is 1. The van der Waals surface area contributed by atoms with E-state index in [1.54, 1.807) is 0 Å². The number of hydrogen-bond donors (Lipinski definition) is 3. The van der Waals surface area contributed by atoms with Gasteiger partial charge < -0.3 is 15.7 Å². The molecule has 0 bridgehead atoms. The lowest BCUT2D eigenvalue weighted by molar-refractivity contribution is -0.142. The Morgan fingerprint density at radius 3 is 2.71 bits per heavy atom. The molecule has 0 aromatic rings. The number of rotatable bonds is 5. The first kappa shape index (κ1) is 13.5. The summed E-state index contributed by atoms with van der Waals surface area (Å²) in [5, 5.41) is 13.9. The van der Waals surface area contributed by atoms with Crippen LogP contribution in [0, 0.1) is 0 Å². The van der Waals surface area contributed by atoms with Crippen LogP contribution in [0.4, 0.5) is 4.79 Å². The number of aliphatic carboxylic acids is 1. The minimum Gasteiger partial charge on any atom is -0.480 e. The zero-order valence-corrected chi connectivity index (χ0v) is 10.4. The lowest BCUT2D eigenvalue weighted by Crippen LogP contribution is -2.53. The van der Waals surface area contributed by atoms with Crippen LogP contribution >= 0.6 is 0 Å². The fraction of sp³-hybridized carbons (Fsp3) is 0.667. The van der Waals surface area contributed by atoms with E-state index in [1.165, 1.54) is 25.8 Å². The number of amides is 2. The van der Waals surface area contributed by atoms with Crippen molar-refractivity contribution >= 4 is 12.0 Å². The molecule has 17 heavy (non-hydrogen) atoms. The molecule has 5 heteroatoms. The molecule has 1 rings (SSSR count). The Bertz CT molecular complexity index is 335. The third kappa shape index (κ3) is 4.46. The minimum atomic E-state index is -1.24. The van der Waals surface area contributed by atoms with Crippen molar-refractivity contribution in [2.75, 3.05) is 6.54 Å². The summed E-state index contributed by atoms with van der Waals surface area (Å²) in [5.41, 5.74) is 0.138. The van der Waals surface area contributed by atoms with Gasteiger partial charge in [-0.2, -0.15) is 0 Å². The predicted molar refractivity (Wildman–Crippen MR) is 64.8 cm³/mol. The lowest BCUT2D eigenvalue weighted by Gasteiger charge is -2.21. The zero-order chi connectivity index (χ0) is 12.9. The molecule has 0 aliphatic heterocycles. The molecule has 0 aromatic carbocycles. The molecule has 0 fully saturated rings. The number of hydrogen-bond acceptors (Lipinski definition) is 2. The highest BCUT2D eigenvalue weighted by molar-refractivity contribution is 5.85. The molecule has 0 unspecified atom stereocenters. The third-order valence-corrected chi connectivity index (χ3v) is 2.83. The van der Waals surface area contributed by atoms with Crippen LogP contribution in [0.2, 0.25) is 0 Å². The quantitative estimate of drug-likeness (QED) is 0.639. The van der Waals surface area contributed by atoms with Crippen LogP contribution in [-0.4, -0.2) is 29.2 Å². The zero-order valence-electron chi connectivity index (χ0n) is 10.4. The van der Waals surface area contributed by atoms with Gasteiger partial charge in [-0.05, 0) is 39.5 Å². The van der Waals surface area contributed by atoms with Gasteiger partial charge in [0, 0.05) is 6.54 Å². The molecule has 0 atom stereocenters. The van der Waals surface area contributed by atoms with Crippen molar-refractivity contribution in [2.45, 2.75) is 45.1 Å². The van der Waals surface area contributed by atoms with E-state index in [0.29, 0.717) is 6.54 Å². The maximum absolute atomic E-state index is 11.4. The Morgan fingerprint density at radius 2 is 2.18 bits per heavy atom. The van der Waals surface area contributed by atoms with Crippen LogP contribution < -0.4 is 10.6 Å². The average molecular weight is 240 g/mol. The van der Waals surface area contributed by atoms with Crippen molar-refractivity contribution in [3.8, 4) is 0 Å². The van der Waals surface area contributed by atoms with Gasteiger partial charge in [0.05, 0.1) is 0 Å². The second-order valence-electron chi connectivity index (χ2n) is 4.82. The molecule has 3 N–H and O–H groups in total. The van der Waals surface area contributed by atoms with Crippen molar-refractivity contribution in [3.63, 3.8) is 0 Å². The highest BCUT2D eigenvalue weighted by Crippen LogP contribution is 2.19. The summed E-state index contributed by atoms with van der Waals surface area (Å²) in [5.74, 6) is -1.05. The first-order chi connectivity index (χ1) is 7.92. The van der Waals surface area contributed by atoms with Gasteiger partial charge in [-0.3, -0.25) is 0 Å². The normalized spacial score (nSPS) is 15.3. The van der Waals surface area contributed by atoms with Crippen LogP contribution in [0.25, 0.3) is 0 Å². The summed E-state index contributed by atoms with van der Waals surface area (Å²) >= 11 is 0. The second-order valence-corrected chi connectivity index (χ2v) is 4.82. The fourth-order valence-electron chi connectivity index (χ4n) is 1.68. The van der Waals surface area contributed by atoms with Crippen molar-refractivity contribution in [1.82, 2.24) is 10.6 Å². The van der Waals surface area contributed by atoms with E-state index in [0.717, 1.165) is 19.3 Å². The van der Waals surface area contributed by atoms with E-state index in [1.807, 2.05) is 0 Å². The highest BCUT2D eigenvalue weighted by atomic mass is 16.4. The molecule has 0 saturated carbocycles. The predicted octanol–water partition coefficient (Wildman–Crippen LogP) is 1.65. The molecule has 1 aliphatic rings. The number of nitrogens with one attached hydrogen (secondary N) is 2. The van der Waals surface area contributed by atoms with E-state index in [9.17, 15) is 9.59 Å². The summed E-state index contributed by atoms with van der Waals surface area (Å²) < 4.78 is 0. The van der Waals surface area contributed by atoms with Gasteiger partial charge in [0.25, 0.3) is 0 Å². The number of carboxylic acids is 1. The van der Waals surface area contributed by atoms with E-state index in [4.69, 9.17) is 5.11 Å². The average Bonchev–Trinajstić information content (AvgIpc) is 2.69. The number of carbonyl (C=O) groups is 2. The first-order valence-corrected chi connectivity index (χ1v) is 5.89. The van der Waals surface area contributed by atoms with E-state index in [2.05, 4.69) is 16.7 Å². The van der Waals surface area contributed by atoms with Crippen molar-refractivity contribution in [1.29, 1.82) is 0 Å². The van der Waals surface area contributed by atoms with Crippen molar-refractivity contribution < 1.29 is 14.7 Å². The number of carbonyl (C=O) groups excluding carboxylic acids is 1. The smallest absolute Gasteiger partial charge is 0.328 e. The molecular formula is C12H20N2O3. The minimum absolute atomic E-state index is 0.434. The van der Waals surface area contributed by atoms with E-state index < -0.39 is 17.5 Å².